The van der Waals surface area contributed by atoms with Crippen LogP contribution in [0, 0.1) is 5.92 Å². The maximum atomic E-state index is 13.2. The van der Waals surface area contributed by atoms with Crippen molar-refractivity contribution in [3.8, 4) is 0 Å². The van der Waals surface area contributed by atoms with Crippen LogP contribution in [-0.2, 0) is 26.1 Å². The zero-order chi connectivity index (χ0) is 21.2. The molecule has 0 atom stereocenters. The minimum Gasteiger partial charge on any atom is -0.334 e. The summed E-state index contributed by atoms with van der Waals surface area (Å²) in [7, 11) is 0. The lowest BCUT2D eigenvalue weighted by atomic mass is 9.89. The van der Waals surface area contributed by atoms with E-state index in [1.54, 1.807) is 17.7 Å². The van der Waals surface area contributed by atoms with Crippen molar-refractivity contribution in [1.29, 1.82) is 0 Å². The lowest BCUT2D eigenvalue weighted by molar-refractivity contribution is 0.193. The smallest absolute Gasteiger partial charge is 0.318 e. The summed E-state index contributed by atoms with van der Waals surface area (Å²) in [6.07, 6.45) is 8.70. The number of hydrogen-bond acceptors (Lipinski definition) is 4. The summed E-state index contributed by atoms with van der Waals surface area (Å²) in [5, 5.41) is 3.79. The highest BCUT2D eigenvalue weighted by molar-refractivity contribution is 7.18. The van der Waals surface area contributed by atoms with Crippen molar-refractivity contribution in [3.05, 3.63) is 63.0 Å². The summed E-state index contributed by atoms with van der Waals surface area (Å²) >= 11 is 1.56. The molecule has 1 aliphatic carbocycles. The minimum atomic E-state index is -0.0605. The first-order chi connectivity index (χ1) is 15.2. The van der Waals surface area contributed by atoms with Crippen LogP contribution in [0.4, 0.5) is 4.79 Å². The van der Waals surface area contributed by atoms with Gasteiger partial charge >= 0.3 is 6.03 Å². The van der Waals surface area contributed by atoms with Crippen molar-refractivity contribution in [1.82, 2.24) is 19.8 Å². The third kappa shape index (κ3) is 4.24. The number of carbonyl (C=O) groups is 1. The van der Waals surface area contributed by atoms with Crippen molar-refractivity contribution < 1.29 is 4.79 Å². The van der Waals surface area contributed by atoms with Crippen LogP contribution >= 0.6 is 11.3 Å². The third-order valence-electron chi connectivity index (χ3n) is 6.58. The Hall–Kier alpha value is -2.67. The number of nitrogens with one attached hydrogen (secondary N) is 1. The minimum absolute atomic E-state index is 0.0605. The lowest BCUT2D eigenvalue weighted by Crippen LogP contribution is -2.42. The predicted molar refractivity (Wildman–Crippen MR) is 123 cm³/mol. The fraction of sp³-hybridized carbons (Fsp3) is 0.458. The SMILES string of the molecule is O=C(NCc1ccccc1)N1CCc2c(sc3ncn(CC4CCCCC4)c(=O)c23)C1. The van der Waals surface area contributed by atoms with Gasteiger partial charge < -0.3 is 10.2 Å². The molecule has 1 aliphatic heterocycles. The average Bonchev–Trinajstić information content (AvgIpc) is 3.19. The molecule has 0 spiro atoms. The summed E-state index contributed by atoms with van der Waals surface area (Å²) in [4.78, 5) is 34.3. The van der Waals surface area contributed by atoms with Gasteiger partial charge in [0.2, 0.25) is 0 Å². The third-order valence-corrected chi connectivity index (χ3v) is 7.71. The van der Waals surface area contributed by atoms with Gasteiger partial charge in [0.05, 0.1) is 18.3 Å². The van der Waals surface area contributed by atoms with Crippen LogP contribution in [0.5, 0.6) is 0 Å². The van der Waals surface area contributed by atoms with Crippen LogP contribution in [-0.4, -0.2) is 27.0 Å². The first kappa shape index (κ1) is 20.2. The van der Waals surface area contributed by atoms with Gasteiger partial charge in [-0.15, -0.1) is 11.3 Å². The Morgan fingerprint density at radius 1 is 1.16 bits per heavy atom. The van der Waals surface area contributed by atoms with E-state index in [9.17, 15) is 9.59 Å². The van der Waals surface area contributed by atoms with E-state index >= 15 is 0 Å². The molecule has 2 aromatic heterocycles. The van der Waals surface area contributed by atoms with E-state index in [2.05, 4.69) is 10.3 Å². The predicted octanol–water partition coefficient (Wildman–Crippen LogP) is 4.31. The molecule has 0 saturated heterocycles. The van der Waals surface area contributed by atoms with Crippen molar-refractivity contribution in [2.75, 3.05) is 6.54 Å². The van der Waals surface area contributed by atoms with Gasteiger partial charge in [0.25, 0.3) is 5.56 Å². The molecule has 1 N–H and O–H groups in total. The lowest BCUT2D eigenvalue weighted by Gasteiger charge is -2.27. The number of rotatable bonds is 4. The Morgan fingerprint density at radius 3 is 2.77 bits per heavy atom. The molecule has 5 rings (SSSR count). The summed E-state index contributed by atoms with van der Waals surface area (Å²) in [5.74, 6) is 0.587. The zero-order valence-corrected chi connectivity index (χ0v) is 18.5. The molecule has 1 fully saturated rings. The van der Waals surface area contributed by atoms with Crippen LogP contribution in [0.1, 0.15) is 48.1 Å². The van der Waals surface area contributed by atoms with E-state index < -0.39 is 0 Å². The molecule has 0 unspecified atom stereocenters. The summed E-state index contributed by atoms with van der Waals surface area (Å²) in [6.45, 7) is 2.46. The molecule has 0 radical (unpaired) electrons. The quantitative estimate of drug-likeness (QED) is 0.663. The topological polar surface area (TPSA) is 67.2 Å². The van der Waals surface area contributed by atoms with Crippen molar-refractivity contribution >= 4 is 27.6 Å². The number of amides is 2. The summed E-state index contributed by atoms with van der Waals surface area (Å²) in [6, 6.07) is 9.86. The number of carbonyl (C=O) groups excluding carboxylic acids is 1. The normalized spacial score (nSPS) is 17.0. The highest BCUT2D eigenvalue weighted by Crippen LogP contribution is 2.32. The van der Waals surface area contributed by atoms with Crippen molar-refractivity contribution in [2.45, 2.75) is 58.2 Å². The molecule has 7 heteroatoms. The standard InChI is InChI=1S/C24H28N4O2S/c29-23-21-19-11-12-27(24(30)25-13-17-7-3-1-4-8-17)15-20(19)31-22(21)26-16-28(23)14-18-9-5-2-6-10-18/h1,3-4,7-8,16,18H,2,5-6,9-15H2,(H,25,30). The second-order valence-electron chi connectivity index (χ2n) is 8.71. The molecule has 0 bridgehead atoms. The molecule has 3 aromatic rings. The molecule has 2 amide bonds. The van der Waals surface area contributed by atoms with E-state index in [0.717, 1.165) is 32.8 Å². The number of hydrogen-bond donors (Lipinski definition) is 1. The molecular weight excluding hydrogens is 408 g/mol. The number of nitrogens with zero attached hydrogens (tertiary/aromatic N) is 3. The first-order valence-electron chi connectivity index (χ1n) is 11.3. The Bertz CT molecular complexity index is 1130. The van der Waals surface area contributed by atoms with Crippen molar-refractivity contribution in [2.24, 2.45) is 5.92 Å². The fourth-order valence-electron chi connectivity index (χ4n) is 4.86. The molecule has 2 aliphatic rings. The summed E-state index contributed by atoms with van der Waals surface area (Å²) in [5.41, 5.74) is 2.27. The summed E-state index contributed by atoms with van der Waals surface area (Å²) < 4.78 is 1.82. The Kier molecular flexibility index (Phi) is 5.76. The largest absolute Gasteiger partial charge is 0.334 e. The monoisotopic (exact) mass is 436 g/mol. The van der Waals surface area contributed by atoms with E-state index in [1.807, 2.05) is 39.8 Å². The second kappa shape index (κ2) is 8.83. The van der Waals surface area contributed by atoms with Crippen LogP contribution in [0.3, 0.4) is 0 Å². The Morgan fingerprint density at radius 2 is 1.97 bits per heavy atom. The fourth-order valence-corrected chi connectivity index (χ4v) is 6.05. The number of benzene rings is 1. The van der Waals surface area contributed by atoms with Gasteiger partial charge in [-0.3, -0.25) is 9.36 Å². The molecule has 6 nitrogen and oxygen atoms in total. The van der Waals surface area contributed by atoms with Crippen LogP contribution in [0.15, 0.2) is 41.5 Å². The molecule has 1 saturated carbocycles. The Balaban J connectivity index is 1.31. The van der Waals surface area contributed by atoms with Gasteiger partial charge in [-0.2, -0.15) is 0 Å². The highest BCUT2D eigenvalue weighted by atomic mass is 32.1. The van der Waals surface area contributed by atoms with Crippen LogP contribution in [0.25, 0.3) is 10.2 Å². The second-order valence-corrected chi connectivity index (χ2v) is 9.79. The van der Waals surface area contributed by atoms with Gasteiger partial charge in [-0.25, -0.2) is 9.78 Å². The maximum Gasteiger partial charge on any atom is 0.318 e. The van der Waals surface area contributed by atoms with E-state index in [4.69, 9.17) is 0 Å². The van der Waals surface area contributed by atoms with Gasteiger partial charge in [0.15, 0.2) is 0 Å². The molecule has 31 heavy (non-hydrogen) atoms. The van der Waals surface area contributed by atoms with Gasteiger partial charge in [0.1, 0.15) is 4.83 Å². The van der Waals surface area contributed by atoms with E-state index in [1.165, 1.54) is 32.1 Å². The highest BCUT2D eigenvalue weighted by Gasteiger charge is 2.26. The molecule has 1 aromatic carbocycles. The Labute approximate surface area is 185 Å². The van der Waals surface area contributed by atoms with Gasteiger partial charge in [-0.1, -0.05) is 49.6 Å². The first-order valence-corrected chi connectivity index (χ1v) is 12.1. The number of thiophene rings is 1. The van der Waals surface area contributed by atoms with Gasteiger partial charge in [-0.05, 0) is 36.3 Å². The number of urea groups is 1. The zero-order valence-electron chi connectivity index (χ0n) is 17.7. The van der Waals surface area contributed by atoms with Crippen LogP contribution < -0.4 is 10.9 Å². The average molecular weight is 437 g/mol. The van der Waals surface area contributed by atoms with E-state index in [-0.39, 0.29) is 11.6 Å². The molecule has 162 valence electrons. The number of fused-ring (bicyclic) bond motifs is 3. The van der Waals surface area contributed by atoms with Crippen molar-refractivity contribution in [3.63, 3.8) is 0 Å². The molecular formula is C24H28N4O2S. The molecule has 3 heterocycles. The van der Waals surface area contributed by atoms with E-state index in [0.29, 0.717) is 32.0 Å². The van der Waals surface area contributed by atoms with Crippen LogP contribution in [0.2, 0.25) is 0 Å². The maximum absolute atomic E-state index is 13.2. The number of aromatic nitrogens is 2. The van der Waals surface area contributed by atoms with Gasteiger partial charge in [0, 0.05) is 24.5 Å².